The number of fused-ring (bicyclic) bond motifs is 3. The average molecular weight is 518 g/mol. The summed E-state index contributed by atoms with van der Waals surface area (Å²) in [6.45, 7) is 0.409. The van der Waals surface area contributed by atoms with Crippen LogP contribution >= 0.6 is 0 Å². The molecule has 0 bridgehead atoms. The van der Waals surface area contributed by atoms with Crippen molar-refractivity contribution in [2.75, 3.05) is 20.3 Å². The Hall–Kier alpha value is -4.53. The molecule has 1 aliphatic rings. The maximum absolute atomic E-state index is 12.9. The van der Waals surface area contributed by atoms with Gasteiger partial charge in [0.2, 0.25) is 0 Å². The van der Waals surface area contributed by atoms with Crippen molar-refractivity contribution in [3.05, 3.63) is 89.5 Å². The van der Waals surface area contributed by atoms with Crippen molar-refractivity contribution in [1.29, 1.82) is 0 Å². The average Bonchev–Trinajstić information content (AvgIpc) is 3.26. The number of carbonyl (C=O) groups is 3. The number of nitrogens with one attached hydrogen (secondary N) is 2. The number of alkyl carbamates (subject to hydrolysis) is 1. The lowest BCUT2D eigenvalue weighted by molar-refractivity contribution is -0.147. The molecule has 9 heteroatoms. The monoisotopic (exact) mass is 517 g/mol. The van der Waals surface area contributed by atoms with E-state index < -0.39 is 24.1 Å². The number of primary amides is 1. The highest BCUT2D eigenvalue weighted by molar-refractivity contribution is 5.82. The number of hydrogen-bond donors (Lipinski definition) is 3. The zero-order valence-corrected chi connectivity index (χ0v) is 21.1. The van der Waals surface area contributed by atoms with Crippen LogP contribution in [0.2, 0.25) is 0 Å². The molecule has 3 amide bonds. The fourth-order valence-electron chi connectivity index (χ4n) is 4.53. The van der Waals surface area contributed by atoms with Crippen LogP contribution in [0.25, 0.3) is 11.1 Å². The van der Waals surface area contributed by atoms with Gasteiger partial charge in [-0.25, -0.2) is 14.4 Å². The summed E-state index contributed by atoms with van der Waals surface area (Å²) in [6.07, 6.45) is -0.0954. The molecular weight excluding hydrogens is 486 g/mol. The number of hydrogen-bond acceptors (Lipinski definition) is 6. The number of amides is 3. The predicted octanol–water partition coefficient (Wildman–Crippen LogP) is 4.09. The number of esters is 1. The van der Waals surface area contributed by atoms with Crippen molar-refractivity contribution in [3.8, 4) is 16.9 Å². The Bertz CT molecular complexity index is 1230. The highest BCUT2D eigenvalue weighted by Gasteiger charge is 2.30. The molecule has 0 radical (unpaired) electrons. The van der Waals surface area contributed by atoms with Crippen LogP contribution in [-0.4, -0.2) is 44.4 Å². The fraction of sp³-hybridized carbons (Fsp3) is 0.276. The smallest absolute Gasteiger partial charge is 0.407 e. The maximum atomic E-state index is 12.9. The Balaban J connectivity index is 1.37. The van der Waals surface area contributed by atoms with Crippen molar-refractivity contribution in [2.45, 2.75) is 31.4 Å². The third-order valence-corrected chi connectivity index (χ3v) is 6.43. The molecule has 0 aromatic heterocycles. The summed E-state index contributed by atoms with van der Waals surface area (Å²) in [7, 11) is 1.57. The normalized spacial score (nSPS) is 12.6. The zero-order chi connectivity index (χ0) is 26.9. The first kappa shape index (κ1) is 26.5. The summed E-state index contributed by atoms with van der Waals surface area (Å²) < 4.78 is 16.2. The van der Waals surface area contributed by atoms with Crippen molar-refractivity contribution in [3.63, 3.8) is 0 Å². The summed E-state index contributed by atoms with van der Waals surface area (Å²) in [4.78, 5) is 36.6. The predicted molar refractivity (Wildman–Crippen MR) is 142 cm³/mol. The van der Waals surface area contributed by atoms with Crippen LogP contribution < -0.4 is 21.1 Å². The SMILES string of the molecule is COc1ccc(COC(=O)[C@H](CCCNC(N)=O)NC(=O)OCC2c3ccccc3-c3ccccc32)cc1. The molecule has 0 heterocycles. The summed E-state index contributed by atoms with van der Waals surface area (Å²) >= 11 is 0. The quantitative estimate of drug-likeness (QED) is 0.260. The van der Waals surface area contributed by atoms with Crippen molar-refractivity contribution >= 4 is 18.1 Å². The van der Waals surface area contributed by atoms with Gasteiger partial charge < -0.3 is 30.6 Å². The minimum atomic E-state index is -0.960. The number of urea groups is 1. The van der Waals surface area contributed by atoms with Crippen LogP contribution in [0.15, 0.2) is 72.8 Å². The van der Waals surface area contributed by atoms with Crippen molar-refractivity contribution in [1.82, 2.24) is 10.6 Å². The number of carbonyl (C=O) groups excluding carboxylic acids is 3. The highest BCUT2D eigenvalue weighted by atomic mass is 16.6. The standard InChI is InChI=1S/C29H31N3O6/c1-36-20-14-12-19(13-15-20)17-37-27(33)26(11-6-16-31-28(30)34)32-29(35)38-18-25-23-9-4-2-7-21(23)22-8-3-5-10-24(22)25/h2-5,7-10,12-15,25-26H,6,11,16-18H2,1H3,(H,32,35)(H3,30,31,34)/t26-/m0/s1. The largest absolute Gasteiger partial charge is 0.497 e. The van der Waals surface area contributed by atoms with Gasteiger partial charge in [0.1, 0.15) is 25.0 Å². The van der Waals surface area contributed by atoms with Gasteiger partial charge in [0.25, 0.3) is 0 Å². The zero-order valence-electron chi connectivity index (χ0n) is 21.1. The van der Waals surface area contributed by atoms with Gasteiger partial charge in [-0.1, -0.05) is 60.7 Å². The number of nitrogens with two attached hydrogens (primary N) is 1. The van der Waals surface area contributed by atoms with Gasteiger partial charge in [0.15, 0.2) is 0 Å². The molecule has 3 aromatic carbocycles. The van der Waals surface area contributed by atoms with Gasteiger partial charge in [-0.15, -0.1) is 0 Å². The van der Waals surface area contributed by atoms with Gasteiger partial charge >= 0.3 is 18.1 Å². The van der Waals surface area contributed by atoms with Crippen LogP contribution in [0.4, 0.5) is 9.59 Å². The topological polar surface area (TPSA) is 129 Å². The van der Waals surface area contributed by atoms with E-state index in [1.54, 1.807) is 31.4 Å². The number of rotatable bonds is 11. The molecule has 4 rings (SSSR count). The molecule has 4 N–H and O–H groups in total. The van der Waals surface area contributed by atoms with Crippen LogP contribution in [0.1, 0.15) is 35.4 Å². The summed E-state index contributed by atoms with van der Waals surface area (Å²) in [5.74, 6) is -0.0152. The third kappa shape index (κ3) is 6.61. The molecule has 0 saturated heterocycles. The van der Waals surface area contributed by atoms with Gasteiger partial charge in [-0.2, -0.15) is 0 Å². The van der Waals surface area contributed by atoms with Gasteiger partial charge in [-0.05, 0) is 52.8 Å². The number of ether oxygens (including phenoxy) is 3. The lowest BCUT2D eigenvalue weighted by Crippen LogP contribution is -2.43. The molecule has 1 aliphatic carbocycles. The molecule has 0 fully saturated rings. The maximum Gasteiger partial charge on any atom is 0.407 e. The van der Waals surface area contributed by atoms with Crippen LogP contribution in [0.3, 0.4) is 0 Å². The molecule has 3 aromatic rings. The number of benzene rings is 3. The third-order valence-electron chi connectivity index (χ3n) is 6.43. The van der Waals surface area contributed by atoms with E-state index in [-0.39, 0.29) is 32.1 Å². The minimum absolute atomic E-state index is 0.0330. The summed E-state index contributed by atoms with van der Waals surface area (Å²) in [5, 5.41) is 5.11. The summed E-state index contributed by atoms with van der Waals surface area (Å²) in [5.41, 5.74) is 10.3. The molecule has 0 saturated carbocycles. The first-order valence-corrected chi connectivity index (χ1v) is 12.4. The molecule has 0 aliphatic heterocycles. The van der Waals surface area contributed by atoms with Crippen molar-refractivity contribution in [2.24, 2.45) is 5.73 Å². The van der Waals surface area contributed by atoms with E-state index in [1.807, 2.05) is 36.4 Å². The Morgan fingerprint density at radius 1 is 0.895 bits per heavy atom. The molecule has 0 unspecified atom stereocenters. The Morgan fingerprint density at radius 2 is 1.53 bits per heavy atom. The van der Waals surface area contributed by atoms with E-state index in [2.05, 4.69) is 22.8 Å². The van der Waals surface area contributed by atoms with Gasteiger partial charge in [-0.3, -0.25) is 0 Å². The highest BCUT2D eigenvalue weighted by Crippen LogP contribution is 2.44. The van der Waals surface area contributed by atoms with Crippen LogP contribution in [0, 0.1) is 0 Å². The first-order valence-electron chi connectivity index (χ1n) is 12.4. The molecule has 0 spiro atoms. The summed E-state index contributed by atoms with van der Waals surface area (Å²) in [6, 6.07) is 21.6. The first-order chi connectivity index (χ1) is 18.5. The van der Waals surface area contributed by atoms with E-state index in [0.29, 0.717) is 12.2 Å². The molecule has 38 heavy (non-hydrogen) atoms. The molecule has 198 valence electrons. The number of methoxy groups -OCH3 is 1. The lowest BCUT2D eigenvalue weighted by Gasteiger charge is -2.19. The second kappa shape index (κ2) is 12.6. The van der Waals surface area contributed by atoms with E-state index in [9.17, 15) is 14.4 Å². The molecule has 1 atom stereocenters. The van der Waals surface area contributed by atoms with E-state index >= 15 is 0 Å². The second-order valence-corrected chi connectivity index (χ2v) is 8.91. The molecular formula is C29H31N3O6. The van der Waals surface area contributed by atoms with E-state index in [0.717, 1.165) is 27.8 Å². The minimum Gasteiger partial charge on any atom is -0.497 e. The lowest BCUT2D eigenvalue weighted by atomic mass is 9.98. The van der Waals surface area contributed by atoms with Gasteiger partial charge in [0, 0.05) is 12.5 Å². The van der Waals surface area contributed by atoms with Crippen molar-refractivity contribution < 1.29 is 28.6 Å². The van der Waals surface area contributed by atoms with Gasteiger partial charge in [0.05, 0.1) is 7.11 Å². The fourth-order valence-corrected chi connectivity index (χ4v) is 4.53. The van der Waals surface area contributed by atoms with E-state index in [1.165, 1.54) is 0 Å². The Morgan fingerprint density at radius 3 is 2.13 bits per heavy atom. The Kier molecular flexibility index (Phi) is 8.81. The van der Waals surface area contributed by atoms with Crippen LogP contribution in [-0.2, 0) is 20.9 Å². The van der Waals surface area contributed by atoms with Crippen LogP contribution in [0.5, 0.6) is 5.75 Å². The molecule has 9 nitrogen and oxygen atoms in total. The van der Waals surface area contributed by atoms with E-state index in [4.69, 9.17) is 19.9 Å². The second-order valence-electron chi connectivity index (χ2n) is 8.91. The Labute approximate surface area is 221 Å².